The second kappa shape index (κ2) is 12.0. The molecular weight excluding hydrogens is 370 g/mol. The van der Waals surface area contributed by atoms with Crippen molar-refractivity contribution in [3.8, 4) is 5.75 Å². The molecule has 0 atom stereocenters. The fourth-order valence-corrected chi connectivity index (χ4v) is 2.44. The maximum atomic E-state index is 11.9. The predicted octanol–water partition coefficient (Wildman–Crippen LogP) is 1.04. The summed E-state index contributed by atoms with van der Waals surface area (Å²) >= 11 is 0. The molecule has 0 aliphatic carbocycles. The van der Waals surface area contributed by atoms with Crippen LogP contribution < -0.4 is 26.4 Å². The smallest absolute Gasteiger partial charge is 0.251 e. The number of aliphatic imine (C=N–C) groups is 1. The minimum atomic E-state index is -0.579. The van der Waals surface area contributed by atoms with Gasteiger partial charge in [-0.05, 0) is 36.2 Å². The molecule has 29 heavy (non-hydrogen) atoms. The number of benzene rings is 2. The van der Waals surface area contributed by atoms with Gasteiger partial charge < -0.3 is 26.4 Å². The Hall–Kier alpha value is -3.55. The minimum absolute atomic E-state index is 0.180. The summed E-state index contributed by atoms with van der Waals surface area (Å²) in [4.78, 5) is 26.8. The van der Waals surface area contributed by atoms with Gasteiger partial charge in [-0.2, -0.15) is 0 Å². The number of nitrogens with zero attached hydrogens (tertiary/aromatic N) is 1. The molecular formula is C21H27N5O3. The molecule has 2 aromatic carbocycles. The van der Waals surface area contributed by atoms with Crippen LogP contribution in [0.15, 0.2) is 59.6 Å². The lowest BCUT2D eigenvalue weighted by molar-refractivity contribution is -0.117. The molecule has 2 aromatic rings. The molecule has 5 N–H and O–H groups in total. The molecule has 0 saturated heterocycles. The third kappa shape index (κ3) is 8.34. The average Bonchev–Trinajstić information content (AvgIpc) is 2.75. The van der Waals surface area contributed by atoms with Crippen molar-refractivity contribution in [3.05, 3.63) is 65.7 Å². The zero-order valence-electron chi connectivity index (χ0n) is 16.5. The van der Waals surface area contributed by atoms with Crippen molar-refractivity contribution < 1.29 is 14.3 Å². The van der Waals surface area contributed by atoms with Crippen molar-refractivity contribution in [1.29, 1.82) is 0 Å². The number of carbonyl (C=O) groups is 2. The summed E-state index contributed by atoms with van der Waals surface area (Å²) in [7, 11) is 1.71. The molecule has 0 saturated carbocycles. The van der Waals surface area contributed by atoms with E-state index < -0.39 is 5.91 Å². The van der Waals surface area contributed by atoms with Crippen LogP contribution in [0.1, 0.15) is 22.3 Å². The fourth-order valence-electron chi connectivity index (χ4n) is 2.44. The number of primary amides is 1. The normalized spacial score (nSPS) is 10.9. The van der Waals surface area contributed by atoms with Gasteiger partial charge in [-0.1, -0.05) is 30.3 Å². The summed E-state index contributed by atoms with van der Waals surface area (Å²) in [6.07, 6.45) is 0.838. The Morgan fingerprint density at radius 2 is 1.72 bits per heavy atom. The van der Waals surface area contributed by atoms with Crippen LogP contribution in [0.5, 0.6) is 5.75 Å². The highest BCUT2D eigenvalue weighted by atomic mass is 16.5. The number of ether oxygens (including phenoxy) is 1. The highest BCUT2D eigenvalue weighted by Crippen LogP contribution is 2.08. The molecule has 0 aromatic heterocycles. The van der Waals surface area contributed by atoms with E-state index in [0.29, 0.717) is 24.7 Å². The maximum absolute atomic E-state index is 11.9. The molecule has 0 fully saturated rings. The van der Waals surface area contributed by atoms with Gasteiger partial charge in [0.1, 0.15) is 5.75 Å². The Labute approximate surface area is 170 Å². The first-order valence-electron chi connectivity index (χ1n) is 9.36. The van der Waals surface area contributed by atoms with Crippen molar-refractivity contribution >= 4 is 17.8 Å². The first-order valence-corrected chi connectivity index (χ1v) is 9.36. The zero-order valence-corrected chi connectivity index (χ0v) is 16.5. The molecule has 0 unspecified atom stereocenters. The van der Waals surface area contributed by atoms with E-state index in [1.165, 1.54) is 0 Å². The minimum Gasteiger partial charge on any atom is -0.494 e. The Balaban J connectivity index is 1.67. The van der Waals surface area contributed by atoms with Crippen molar-refractivity contribution in [2.45, 2.75) is 13.0 Å². The quantitative estimate of drug-likeness (QED) is 0.271. The molecule has 0 radical (unpaired) electrons. The van der Waals surface area contributed by atoms with E-state index >= 15 is 0 Å². The summed E-state index contributed by atoms with van der Waals surface area (Å²) in [6, 6.07) is 16.8. The number of nitrogens with one attached hydrogen (secondary N) is 3. The molecule has 0 aliphatic rings. The molecule has 0 bridgehead atoms. The number of hydrogen-bond donors (Lipinski definition) is 4. The van der Waals surface area contributed by atoms with E-state index in [1.807, 2.05) is 42.5 Å². The molecule has 8 nitrogen and oxygen atoms in total. The summed E-state index contributed by atoms with van der Waals surface area (Å²) < 4.78 is 5.65. The average molecular weight is 397 g/mol. The Kier molecular flexibility index (Phi) is 9.01. The molecule has 0 spiro atoms. The van der Waals surface area contributed by atoms with Gasteiger partial charge in [-0.25, -0.2) is 0 Å². The number of rotatable bonds is 10. The molecule has 2 rings (SSSR count). The van der Waals surface area contributed by atoms with Gasteiger partial charge >= 0.3 is 0 Å². The van der Waals surface area contributed by atoms with E-state index in [2.05, 4.69) is 20.9 Å². The standard InChI is InChI=1S/C21H27N5O3/c1-23-21(24-12-5-13-29-18-6-3-2-4-7-18)26-14-16-8-10-17(11-9-16)20(28)25-15-19(22)27/h2-4,6-11H,5,12-15H2,1H3,(H2,22,27)(H,25,28)(H2,23,24,26). The van der Waals surface area contributed by atoms with E-state index in [9.17, 15) is 9.59 Å². The van der Waals surface area contributed by atoms with Gasteiger partial charge in [0.05, 0.1) is 13.2 Å². The Bertz CT molecular complexity index is 807. The maximum Gasteiger partial charge on any atom is 0.251 e. The SMILES string of the molecule is CN=C(NCCCOc1ccccc1)NCc1ccc(C(=O)NCC(N)=O)cc1. The highest BCUT2D eigenvalue weighted by molar-refractivity contribution is 5.96. The van der Waals surface area contributed by atoms with Gasteiger partial charge in [0, 0.05) is 25.7 Å². The molecule has 2 amide bonds. The van der Waals surface area contributed by atoms with E-state index in [4.69, 9.17) is 10.5 Å². The Morgan fingerprint density at radius 3 is 2.38 bits per heavy atom. The monoisotopic (exact) mass is 397 g/mol. The van der Waals surface area contributed by atoms with Crippen LogP contribution in [0, 0.1) is 0 Å². The molecule has 0 heterocycles. The van der Waals surface area contributed by atoms with Crippen LogP contribution in [-0.4, -0.2) is 44.5 Å². The van der Waals surface area contributed by atoms with Crippen molar-refractivity contribution in [3.63, 3.8) is 0 Å². The summed E-state index contributed by atoms with van der Waals surface area (Å²) in [5, 5.41) is 8.91. The number of carbonyl (C=O) groups excluding carboxylic acids is 2. The van der Waals surface area contributed by atoms with Crippen molar-refractivity contribution in [2.75, 3.05) is 26.7 Å². The highest BCUT2D eigenvalue weighted by Gasteiger charge is 2.06. The number of amides is 2. The lowest BCUT2D eigenvalue weighted by Gasteiger charge is -2.12. The first kappa shape index (κ1) is 21.7. The van der Waals surface area contributed by atoms with Crippen LogP contribution >= 0.6 is 0 Å². The summed E-state index contributed by atoms with van der Waals surface area (Å²) in [5.74, 6) is 0.637. The summed E-state index contributed by atoms with van der Waals surface area (Å²) in [6.45, 7) is 1.72. The topological polar surface area (TPSA) is 118 Å². The van der Waals surface area contributed by atoms with Crippen LogP contribution in [-0.2, 0) is 11.3 Å². The fraction of sp³-hybridized carbons (Fsp3) is 0.286. The first-order chi connectivity index (χ1) is 14.1. The van der Waals surface area contributed by atoms with E-state index in [-0.39, 0.29) is 12.5 Å². The third-order valence-corrected chi connectivity index (χ3v) is 3.95. The lowest BCUT2D eigenvalue weighted by Crippen LogP contribution is -2.37. The Morgan fingerprint density at radius 1 is 1.00 bits per heavy atom. The number of guanidine groups is 1. The van der Waals surface area contributed by atoms with Crippen LogP contribution in [0.2, 0.25) is 0 Å². The van der Waals surface area contributed by atoms with Crippen molar-refractivity contribution in [2.24, 2.45) is 10.7 Å². The molecule has 0 aliphatic heterocycles. The third-order valence-electron chi connectivity index (χ3n) is 3.95. The van der Waals surface area contributed by atoms with Crippen molar-refractivity contribution in [1.82, 2.24) is 16.0 Å². The molecule has 8 heteroatoms. The summed E-state index contributed by atoms with van der Waals surface area (Å²) in [5.41, 5.74) is 6.48. The number of para-hydroxylation sites is 1. The second-order valence-electron chi connectivity index (χ2n) is 6.21. The zero-order chi connectivity index (χ0) is 20.9. The van der Waals surface area contributed by atoms with Gasteiger partial charge in [0.15, 0.2) is 5.96 Å². The van der Waals surface area contributed by atoms with E-state index in [0.717, 1.165) is 24.3 Å². The number of nitrogens with two attached hydrogens (primary N) is 1. The van der Waals surface area contributed by atoms with Gasteiger partial charge in [-0.3, -0.25) is 14.6 Å². The second-order valence-corrected chi connectivity index (χ2v) is 6.21. The predicted molar refractivity (Wildman–Crippen MR) is 113 cm³/mol. The van der Waals surface area contributed by atoms with Crippen LogP contribution in [0.4, 0.5) is 0 Å². The van der Waals surface area contributed by atoms with Gasteiger partial charge in [-0.15, -0.1) is 0 Å². The number of hydrogen-bond acceptors (Lipinski definition) is 4. The van der Waals surface area contributed by atoms with E-state index in [1.54, 1.807) is 19.2 Å². The lowest BCUT2D eigenvalue weighted by atomic mass is 10.1. The van der Waals surface area contributed by atoms with Gasteiger partial charge in [0.2, 0.25) is 5.91 Å². The van der Waals surface area contributed by atoms with Crippen LogP contribution in [0.3, 0.4) is 0 Å². The van der Waals surface area contributed by atoms with Crippen LogP contribution in [0.25, 0.3) is 0 Å². The largest absolute Gasteiger partial charge is 0.494 e. The molecule has 154 valence electrons. The van der Waals surface area contributed by atoms with Gasteiger partial charge in [0.25, 0.3) is 5.91 Å².